The summed E-state index contributed by atoms with van der Waals surface area (Å²) < 4.78 is 1.86. The van der Waals surface area contributed by atoms with Crippen LogP contribution in [0.1, 0.15) is 34.9 Å². The van der Waals surface area contributed by atoms with Crippen LogP contribution in [0.2, 0.25) is 5.02 Å². The first-order valence-electron chi connectivity index (χ1n) is 10.4. The van der Waals surface area contributed by atoms with Gasteiger partial charge in [0.2, 0.25) is 0 Å². The van der Waals surface area contributed by atoms with E-state index in [0.29, 0.717) is 18.5 Å². The van der Waals surface area contributed by atoms with Crippen LogP contribution in [0.3, 0.4) is 0 Å². The van der Waals surface area contributed by atoms with E-state index in [9.17, 15) is 9.90 Å². The van der Waals surface area contributed by atoms with Crippen molar-refractivity contribution in [3.8, 4) is 0 Å². The van der Waals surface area contributed by atoms with Crippen LogP contribution in [0.25, 0.3) is 0 Å². The second-order valence-electron chi connectivity index (χ2n) is 8.05. The summed E-state index contributed by atoms with van der Waals surface area (Å²) in [5, 5.41) is 11.1. The molecule has 0 spiro atoms. The lowest BCUT2D eigenvalue weighted by Crippen LogP contribution is -2.47. The highest BCUT2D eigenvalue weighted by molar-refractivity contribution is 6.30. The van der Waals surface area contributed by atoms with Gasteiger partial charge in [-0.15, -0.1) is 0 Å². The largest absolute Gasteiger partial charge is 0.388 e. The Morgan fingerprint density at radius 3 is 2.48 bits per heavy atom. The van der Waals surface area contributed by atoms with E-state index >= 15 is 0 Å². The molecule has 3 heterocycles. The molecule has 1 fully saturated rings. The Labute approximate surface area is 177 Å². The number of carbonyl (C=O) groups excluding carboxylic acids is 1. The Balaban J connectivity index is 1.25. The molecule has 0 saturated carbocycles. The second-order valence-corrected chi connectivity index (χ2v) is 8.48. The Kier molecular flexibility index (Phi) is 6.13. The number of rotatable bonds is 5. The Morgan fingerprint density at radius 2 is 1.76 bits per heavy atom. The average Bonchev–Trinajstić information content (AvgIpc) is 3.08. The average molecular weight is 417 g/mol. The number of aliphatic hydroxyl groups excluding tert-OH is 1. The van der Waals surface area contributed by atoms with Gasteiger partial charge in [0, 0.05) is 75.0 Å². The summed E-state index contributed by atoms with van der Waals surface area (Å²) in [4.78, 5) is 19.6. The normalized spacial score (nSPS) is 20.7. The van der Waals surface area contributed by atoms with Crippen LogP contribution in [0.5, 0.6) is 0 Å². The monoisotopic (exact) mass is 416 g/mol. The first-order valence-corrected chi connectivity index (χ1v) is 10.7. The van der Waals surface area contributed by atoms with Crippen molar-refractivity contribution in [2.24, 2.45) is 7.05 Å². The molecule has 1 aromatic heterocycles. The number of benzene rings is 1. The van der Waals surface area contributed by atoms with E-state index in [-0.39, 0.29) is 5.91 Å². The summed E-state index contributed by atoms with van der Waals surface area (Å²) in [6.45, 7) is 6.40. The minimum absolute atomic E-state index is 0.0460. The SMILES string of the molecule is Cn1cc2c(c1)C(O)CCN(CCCN1CCN(c3ccc(Cl)cc3)CC1)C2=O. The molecule has 1 saturated heterocycles. The van der Waals surface area contributed by atoms with Crippen LogP contribution in [-0.2, 0) is 7.05 Å². The molecule has 1 N–H and O–H groups in total. The molecule has 2 aliphatic rings. The summed E-state index contributed by atoms with van der Waals surface area (Å²) >= 11 is 5.98. The number of aryl methyl sites for hydroxylation is 1. The standard InChI is InChI=1S/C22H29ClN4O2/c1-24-15-19-20(16-24)22(29)27(10-7-21(19)28)9-2-8-25-11-13-26(14-12-25)18-5-3-17(23)4-6-18/h3-6,15-16,21,28H,2,7-14H2,1H3. The predicted molar refractivity (Wildman–Crippen MR) is 116 cm³/mol. The van der Waals surface area contributed by atoms with Gasteiger partial charge in [-0.3, -0.25) is 9.69 Å². The number of aliphatic hydroxyl groups is 1. The summed E-state index contributed by atoms with van der Waals surface area (Å²) in [5.41, 5.74) is 2.63. The predicted octanol–water partition coefficient (Wildman–Crippen LogP) is 2.77. The van der Waals surface area contributed by atoms with E-state index in [1.165, 1.54) is 5.69 Å². The van der Waals surface area contributed by atoms with E-state index in [1.807, 2.05) is 41.0 Å². The third-order valence-electron chi connectivity index (χ3n) is 6.00. The minimum Gasteiger partial charge on any atom is -0.388 e. The first kappa shape index (κ1) is 20.3. The van der Waals surface area contributed by atoms with Crippen molar-refractivity contribution in [1.82, 2.24) is 14.4 Å². The molecular formula is C22H29ClN4O2. The van der Waals surface area contributed by atoms with E-state index in [1.54, 1.807) is 0 Å². The molecule has 2 aromatic rings. The van der Waals surface area contributed by atoms with Crippen molar-refractivity contribution in [2.75, 3.05) is 50.7 Å². The molecule has 156 valence electrons. The number of aromatic nitrogens is 1. The van der Waals surface area contributed by atoms with Gasteiger partial charge in [-0.1, -0.05) is 11.6 Å². The molecule has 0 aliphatic carbocycles. The van der Waals surface area contributed by atoms with E-state index in [2.05, 4.69) is 21.9 Å². The van der Waals surface area contributed by atoms with Gasteiger partial charge in [0.15, 0.2) is 0 Å². The molecule has 29 heavy (non-hydrogen) atoms. The molecule has 4 rings (SSSR count). The fraction of sp³-hybridized carbons (Fsp3) is 0.500. The van der Waals surface area contributed by atoms with Crippen molar-refractivity contribution in [1.29, 1.82) is 0 Å². The molecule has 0 radical (unpaired) electrons. The van der Waals surface area contributed by atoms with Gasteiger partial charge in [0.25, 0.3) is 5.91 Å². The maximum atomic E-state index is 12.9. The zero-order chi connectivity index (χ0) is 20.4. The minimum atomic E-state index is -0.555. The van der Waals surface area contributed by atoms with E-state index in [0.717, 1.165) is 56.3 Å². The zero-order valence-electron chi connectivity index (χ0n) is 16.9. The quantitative estimate of drug-likeness (QED) is 0.814. The molecule has 1 unspecified atom stereocenters. The summed E-state index contributed by atoms with van der Waals surface area (Å²) in [6.07, 6.45) is 4.69. The van der Waals surface area contributed by atoms with Crippen LogP contribution in [0, 0.1) is 0 Å². The van der Waals surface area contributed by atoms with E-state index in [4.69, 9.17) is 11.6 Å². The van der Waals surface area contributed by atoms with Crippen molar-refractivity contribution in [2.45, 2.75) is 18.9 Å². The van der Waals surface area contributed by atoms with Gasteiger partial charge < -0.3 is 19.5 Å². The smallest absolute Gasteiger partial charge is 0.255 e. The fourth-order valence-electron chi connectivity index (χ4n) is 4.33. The highest BCUT2D eigenvalue weighted by Gasteiger charge is 2.28. The first-order chi connectivity index (χ1) is 14.0. The zero-order valence-corrected chi connectivity index (χ0v) is 17.7. The summed E-state index contributed by atoms with van der Waals surface area (Å²) in [5.74, 6) is 0.0460. The molecular weight excluding hydrogens is 388 g/mol. The number of amides is 1. The van der Waals surface area contributed by atoms with Crippen LogP contribution < -0.4 is 4.90 Å². The molecule has 7 heteroatoms. The number of piperazine rings is 1. The number of fused-ring (bicyclic) bond motifs is 1. The maximum absolute atomic E-state index is 12.9. The lowest BCUT2D eigenvalue weighted by Gasteiger charge is -2.36. The topological polar surface area (TPSA) is 52.0 Å². The number of hydrogen-bond acceptors (Lipinski definition) is 4. The fourth-order valence-corrected chi connectivity index (χ4v) is 4.46. The van der Waals surface area contributed by atoms with Gasteiger partial charge >= 0.3 is 0 Å². The highest BCUT2D eigenvalue weighted by atomic mass is 35.5. The Bertz CT molecular complexity index is 843. The third kappa shape index (κ3) is 4.60. The number of anilines is 1. The number of nitrogens with zero attached hydrogens (tertiary/aromatic N) is 4. The van der Waals surface area contributed by atoms with Gasteiger partial charge in [-0.05, 0) is 43.7 Å². The third-order valence-corrected chi connectivity index (χ3v) is 6.25. The number of hydrogen-bond donors (Lipinski definition) is 1. The highest BCUT2D eigenvalue weighted by Crippen LogP contribution is 2.27. The van der Waals surface area contributed by atoms with Crippen LogP contribution in [-0.4, -0.2) is 71.2 Å². The van der Waals surface area contributed by atoms with Gasteiger partial charge in [-0.25, -0.2) is 0 Å². The molecule has 1 atom stereocenters. The van der Waals surface area contributed by atoms with Crippen LogP contribution in [0.4, 0.5) is 5.69 Å². The Hall–Kier alpha value is -2.02. The van der Waals surface area contributed by atoms with Crippen LogP contribution in [0.15, 0.2) is 36.7 Å². The van der Waals surface area contributed by atoms with E-state index < -0.39 is 6.10 Å². The van der Waals surface area contributed by atoms with Gasteiger partial charge in [0.1, 0.15) is 0 Å². The summed E-state index contributed by atoms with van der Waals surface area (Å²) in [7, 11) is 1.89. The van der Waals surface area contributed by atoms with Crippen molar-refractivity contribution >= 4 is 23.2 Å². The van der Waals surface area contributed by atoms with Gasteiger partial charge in [-0.2, -0.15) is 0 Å². The molecule has 1 aromatic carbocycles. The lowest BCUT2D eigenvalue weighted by atomic mass is 10.1. The molecule has 1 amide bonds. The lowest BCUT2D eigenvalue weighted by molar-refractivity contribution is 0.0737. The van der Waals surface area contributed by atoms with Crippen molar-refractivity contribution in [3.63, 3.8) is 0 Å². The number of carbonyl (C=O) groups is 1. The van der Waals surface area contributed by atoms with Crippen molar-refractivity contribution < 1.29 is 9.90 Å². The second kappa shape index (κ2) is 8.78. The summed E-state index contributed by atoms with van der Waals surface area (Å²) in [6, 6.07) is 8.04. The van der Waals surface area contributed by atoms with Gasteiger partial charge in [0.05, 0.1) is 11.7 Å². The van der Waals surface area contributed by atoms with Crippen LogP contribution >= 0.6 is 11.6 Å². The maximum Gasteiger partial charge on any atom is 0.255 e. The number of halogens is 1. The Morgan fingerprint density at radius 1 is 1.03 bits per heavy atom. The molecule has 6 nitrogen and oxygen atoms in total. The van der Waals surface area contributed by atoms with Crippen molar-refractivity contribution in [3.05, 3.63) is 52.8 Å². The molecule has 2 aliphatic heterocycles. The molecule has 0 bridgehead atoms.